The summed E-state index contributed by atoms with van der Waals surface area (Å²) >= 11 is 0. The smallest absolute Gasteiger partial charge is 0.0945 e. The Hall–Kier alpha value is -1.65. The molecule has 0 aliphatic carbocycles. The normalized spacial score (nSPS) is 14.3. The molecule has 2 rings (SSSR count). The van der Waals surface area contributed by atoms with Crippen LogP contribution < -0.4 is 5.32 Å². The van der Waals surface area contributed by atoms with Crippen molar-refractivity contribution in [1.82, 2.24) is 14.9 Å². The standard InChI is InChI=1S/C14H19N3O/c1-15-14(11-18,13-5-3-2-4-6-13)7-9-17-10-8-16-12-17/h2-6,8,10,12,15,18H,7,9,11H2,1H3. The molecule has 2 N–H and O–H groups in total. The maximum atomic E-state index is 9.77. The van der Waals surface area contributed by atoms with E-state index in [4.69, 9.17) is 0 Å². The van der Waals surface area contributed by atoms with Gasteiger partial charge >= 0.3 is 0 Å². The Kier molecular flexibility index (Phi) is 4.12. The fraction of sp³-hybridized carbons (Fsp3) is 0.357. The zero-order valence-corrected chi connectivity index (χ0v) is 10.6. The van der Waals surface area contributed by atoms with Gasteiger partial charge in [0.25, 0.3) is 0 Å². The van der Waals surface area contributed by atoms with Crippen molar-refractivity contribution < 1.29 is 5.11 Å². The van der Waals surface area contributed by atoms with E-state index in [0.717, 1.165) is 18.5 Å². The Balaban J connectivity index is 2.16. The van der Waals surface area contributed by atoms with E-state index in [2.05, 4.69) is 10.3 Å². The Morgan fingerprint density at radius 3 is 2.67 bits per heavy atom. The van der Waals surface area contributed by atoms with Crippen LogP contribution in [0.3, 0.4) is 0 Å². The molecular weight excluding hydrogens is 226 g/mol. The van der Waals surface area contributed by atoms with E-state index in [-0.39, 0.29) is 6.61 Å². The molecule has 1 unspecified atom stereocenters. The number of hydrogen-bond acceptors (Lipinski definition) is 3. The third-order valence-corrected chi connectivity index (χ3v) is 3.43. The minimum atomic E-state index is -0.397. The number of rotatable bonds is 6. The first-order valence-corrected chi connectivity index (χ1v) is 6.12. The minimum Gasteiger partial charge on any atom is -0.394 e. The van der Waals surface area contributed by atoms with E-state index in [9.17, 15) is 5.11 Å². The molecule has 0 saturated heterocycles. The molecule has 0 aliphatic rings. The molecule has 96 valence electrons. The molecule has 0 spiro atoms. The molecule has 0 fully saturated rings. The van der Waals surface area contributed by atoms with Gasteiger partial charge in [-0.1, -0.05) is 30.3 Å². The fourth-order valence-electron chi connectivity index (χ4n) is 2.16. The number of nitrogens with zero attached hydrogens (tertiary/aromatic N) is 2. The highest BCUT2D eigenvalue weighted by Gasteiger charge is 2.29. The van der Waals surface area contributed by atoms with Crippen LogP contribution in [0.25, 0.3) is 0 Å². The highest BCUT2D eigenvalue weighted by Crippen LogP contribution is 2.24. The number of benzene rings is 1. The van der Waals surface area contributed by atoms with Crippen molar-refractivity contribution in [2.24, 2.45) is 0 Å². The first-order chi connectivity index (χ1) is 8.80. The van der Waals surface area contributed by atoms with Crippen molar-refractivity contribution in [3.05, 3.63) is 54.6 Å². The predicted molar refractivity (Wildman–Crippen MR) is 71.1 cm³/mol. The summed E-state index contributed by atoms with van der Waals surface area (Å²) in [7, 11) is 1.89. The lowest BCUT2D eigenvalue weighted by Gasteiger charge is -2.32. The lowest BCUT2D eigenvalue weighted by Crippen LogP contribution is -2.44. The van der Waals surface area contributed by atoms with Crippen LogP contribution in [0.15, 0.2) is 49.1 Å². The number of likely N-dealkylation sites (N-methyl/N-ethyl adjacent to an activating group) is 1. The van der Waals surface area contributed by atoms with Gasteiger partial charge in [-0.25, -0.2) is 4.98 Å². The van der Waals surface area contributed by atoms with Gasteiger partial charge in [-0.05, 0) is 19.0 Å². The molecule has 4 nitrogen and oxygen atoms in total. The zero-order valence-electron chi connectivity index (χ0n) is 10.6. The van der Waals surface area contributed by atoms with Crippen LogP contribution in [0.1, 0.15) is 12.0 Å². The molecule has 1 aromatic heterocycles. The fourth-order valence-corrected chi connectivity index (χ4v) is 2.16. The monoisotopic (exact) mass is 245 g/mol. The number of aliphatic hydroxyl groups excluding tert-OH is 1. The van der Waals surface area contributed by atoms with Crippen LogP contribution in [-0.4, -0.2) is 28.3 Å². The molecule has 1 heterocycles. The number of hydrogen-bond donors (Lipinski definition) is 2. The van der Waals surface area contributed by atoms with Gasteiger partial charge in [0.05, 0.1) is 18.5 Å². The van der Waals surface area contributed by atoms with Gasteiger partial charge in [-0.15, -0.1) is 0 Å². The quantitative estimate of drug-likeness (QED) is 0.808. The third-order valence-electron chi connectivity index (χ3n) is 3.43. The Labute approximate surface area is 107 Å². The molecule has 1 atom stereocenters. The SMILES string of the molecule is CNC(CO)(CCn1ccnc1)c1ccccc1. The van der Waals surface area contributed by atoms with Crippen LogP contribution in [-0.2, 0) is 12.1 Å². The summed E-state index contributed by atoms with van der Waals surface area (Å²) in [5.74, 6) is 0. The van der Waals surface area contributed by atoms with E-state index in [1.807, 2.05) is 48.1 Å². The maximum absolute atomic E-state index is 9.77. The molecule has 2 aromatic rings. The number of imidazole rings is 1. The lowest BCUT2D eigenvalue weighted by molar-refractivity contribution is 0.154. The van der Waals surface area contributed by atoms with Crippen molar-refractivity contribution in [3.63, 3.8) is 0 Å². The number of aromatic nitrogens is 2. The van der Waals surface area contributed by atoms with Crippen molar-refractivity contribution in [3.8, 4) is 0 Å². The first-order valence-electron chi connectivity index (χ1n) is 6.12. The van der Waals surface area contributed by atoms with Gasteiger partial charge in [0.2, 0.25) is 0 Å². The molecule has 0 radical (unpaired) electrons. The van der Waals surface area contributed by atoms with E-state index in [1.165, 1.54) is 0 Å². The van der Waals surface area contributed by atoms with E-state index in [0.29, 0.717) is 0 Å². The highest BCUT2D eigenvalue weighted by atomic mass is 16.3. The topological polar surface area (TPSA) is 50.1 Å². The Bertz CT molecular complexity index is 449. The summed E-state index contributed by atoms with van der Waals surface area (Å²) in [5, 5.41) is 13.0. The lowest BCUT2D eigenvalue weighted by atomic mass is 9.87. The van der Waals surface area contributed by atoms with Crippen LogP contribution >= 0.6 is 0 Å². The summed E-state index contributed by atoms with van der Waals surface area (Å²) in [6.45, 7) is 0.887. The molecule has 18 heavy (non-hydrogen) atoms. The molecule has 0 aliphatic heterocycles. The largest absolute Gasteiger partial charge is 0.394 e. The van der Waals surface area contributed by atoms with Crippen LogP contribution in [0.5, 0.6) is 0 Å². The Morgan fingerprint density at radius 1 is 1.33 bits per heavy atom. The highest BCUT2D eigenvalue weighted by molar-refractivity contribution is 5.24. The second kappa shape index (κ2) is 5.80. The number of aliphatic hydroxyl groups is 1. The molecule has 0 amide bonds. The van der Waals surface area contributed by atoms with E-state index >= 15 is 0 Å². The minimum absolute atomic E-state index is 0.0716. The summed E-state index contributed by atoms with van der Waals surface area (Å²) in [6.07, 6.45) is 6.30. The zero-order chi connectivity index (χ0) is 12.8. The number of aryl methyl sites for hydroxylation is 1. The van der Waals surface area contributed by atoms with Gasteiger partial charge in [0.15, 0.2) is 0 Å². The van der Waals surface area contributed by atoms with Gasteiger partial charge in [0.1, 0.15) is 0 Å². The van der Waals surface area contributed by atoms with Crippen LogP contribution in [0.4, 0.5) is 0 Å². The average molecular weight is 245 g/mol. The van der Waals surface area contributed by atoms with Crippen molar-refractivity contribution in [2.45, 2.75) is 18.5 Å². The maximum Gasteiger partial charge on any atom is 0.0945 e. The van der Waals surface area contributed by atoms with Gasteiger partial charge in [-0.3, -0.25) is 0 Å². The van der Waals surface area contributed by atoms with Crippen molar-refractivity contribution >= 4 is 0 Å². The molecule has 0 bridgehead atoms. The summed E-state index contributed by atoms with van der Waals surface area (Å²) in [4.78, 5) is 4.03. The number of nitrogens with one attached hydrogen (secondary N) is 1. The van der Waals surface area contributed by atoms with Gasteiger partial charge in [-0.2, -0.15) is 0 Å². The second-order valence-corrected chi connectivity index (χ2v) is 4.41. The van der Waals surface area contributed by atoms with Gasteiger partial charge < -0.3 is 15.0 Å². The average Bonchev–Trinajstić information content (AvgIpc) is 2.95. The van der Waals surface area contributed by atoms with E-state index in [1.54, 1.807) is 12.5 Å². The van der Waals surface area contributed by atoms with Crippen molar-refractivity contribution in [2.75, 3.05) is 13.7 Å². The summed E-state index contributed by atoms with van der Waals surface area (Å²) in [6, 6.07) is 10.1. The molecule has 1 aromatic carbocycles. The van der Waals surface area contributed by atoms with Crippen molar-refractivity contribution in [1.29, 1.82) is 0 Å². The Morgan fingerprint density at radius 2 is 2.11 bits per heavy atom. The molecular formula is C14H19N3O. The summed E-state index contributed by atoms with van der Waals surface area (Å²) < 4.78 is 2.02. The predicted octanol–water partition coefficient (Wildman–Crippen LogP) is 1.38. The first kappa shape index (κ1) is 12.8. The second-order valence-electron chi connectivity index (χ2n) is 4.41. The molecule has 4 heteroatoms. The molecule has 0 saturated carbocycles. The van der Waals surface area contributed by atoms with Crippen LogP contribution in [0, 0.1) is 0 Å². The van der Waals surface area contributed by atoms with Crippen LogP contribution in [0.2, 0.25) is 0 Å². The third kappa shape index (κ3) is 2.60. The summed E-state index contributed by atoms with van der Waals surface area (Å²) in [5.41, 5.74) is 0.709. The van der Waals surface area contributed by atoms with E-state index < -0.39 is 5.54 Å². The van der Waals surface area contributed by atoms with Gasteiger partial charge in [0, 0.05) is 18.9 Å².